The number of aryl methyl sites for hydroxylation is 1. The molecule has 0 atom stereocenters. The third-order valence-electron chi connectivity index (χ3n) is 4.26. The second-order valence-corrected chi connectivity index (χ2v) is 6.67. The van der Waals surface area contributed by atoms with Crippen LogP contribution in [0.25, 0.3) is 5.69 Å². The predicted octanol–water partition coefficient (Wildman–Crippen LogP) is 3.95. The lowest BCUT2D eigenvalue weighted by atomic mass is 10.2. The fraction of sp³-hybridized carbons (Fsp3) is 0.190. The van der Waals surface area contributed by atoms with Crippen LogP contribution in [0.3, 0.4) is 0 Å². The predicted molar refractivity (Wildman–Crippen MR) is 110 cm³/mol. The summed E-state index contributed by atoms with van der Waals surface area (Å²) in [6.07, 6.45) is 0. The van der Waals surface area contributed by atoms with E-state index in [-0.39, 0.29) is 6.61 Å². The molecule has 0 aliphatic rings. The molecule has 1 heterocycles. The first-order chi connectivity index (χ1) is 13.9. The Morgan fingerprint density at radius 3 is 2.28 bits per heavy atom. The molecule has 0 unspecified atom stereocenters. The van der Waals surface area contributed by atoms with Gasteiger partial charge in [-0.3, -0.25) is 4.79 Å². The number of benzene rings is 2. The second kappa shape index (κ2) is 8.79. The minimum absolute atomic E-state index is 0.332. The van der Waals surface area contributed by atoms with Crippen molar-refractivity contribution in [1.29, 1.82) is 0 Å². The van der Waals surface area contributed by atoms with Gasteiger partial charge in [-0.15, -0.1) is 0 Å². The van der Waals surface area contributed by atoms with Crippen LogP contribution in [0.1, 0.15) is 21.7 Å². The van der Waals surface area contributed by atoms with Crippen molar-refractivity contribution in [3.8, 4) is 11.4 Å². The Morgan fingerprint density at radius 2 is 1.72 bits per heavy atom. The molecule has 0 aliphatic heterocycles. The number of nitrogens with one attached hydrogen (secondary N) is 1. The number of carbonyl (C=O) groups is 2. The number of hydrogen-bond donors (Lipinski definition) is 1. The fourth-order valence-electron chi connectivity index (χ4n) is 2.70. The van der Waals surface area contributed by atoms with Crippen LogP contribution >= 0.6 is 11.6 Å². The molecule has 150 valence electrons. The Bertz CT molecular complexity index is 1030. The number of amides is 1. The molecule has 1 N–H and O–H groups in total. The van der Waals surface area contributed by atoms with Gasteiger partial charge in [0.1, 0.15) is 5.75 Å². The van der Waals surface area contributed by atoms with E-state index in [9.17, 15) is 9.59 Å². The molecule has 3 rings (SSSR count). The molecule has 0 aliphatic carbocycles. The van der Waals surface area contributed by atoms with Crippen molar-refractivity contribution < 1.29 is 19.1 Å². The number of rotatable bonds is 6. The molecule has 7 nitrogen and oxygen atoms in total. The van der Waals surface area contributed by atoms with E-state index < -0.39 is 11.9 Å². The summed E-state index contributed by atoms with van der Waals surface area (Å²) in [6.45, 7) is 3.31. The van der Waals surface area contributed by atoms with Gasteiger partial charge in [0.05, 0.1) is 34.8 Å². The van der Waals surface area contributed by atoms with Gasteiger partial charge in [0, 0.05) is 5.69 Å². The van der Waals surface area contributed by atoms with E-state index in [0.717, 1.165) is 17.1 Å². The largest absolute Gasteiger partial charge is 0.497 e. The summed E-state index contributed by atoms with van der Waals surface area (Å²) in [5.41, 5.74) is 3.23. The Hall–Kier alpha value is -3.32. The molecule has 0 spiro atoms. The maximum absolute atomic E-state index is 12.2. The lowest BCUT2D eigenvalue weighted by Gasteiger charge is -2.08. The molecular formula is C21H20ClN3O4. The van der Waals surface area contributed by atoms with Gasteiger partial charge in [-0.25, -0.2) is 9.48 Å². The Kier molecular flexibility index (Phi) is 6.19. The van der Waals surface area contributed by atoms with E-state index in [1.54, 1.807) is 60.3 Å². The molecule has 8 heteroatoms. The number of ether oxygens (including phenoxy) is 2. The van der Waals surface area contributed by atoms with Gasteiger partial charge in [0.2, 0.25) is 0 Å². The zero-order chi connectivity index (χ0) is 21.0. The van der Waals surface area contributed by atoms with Crippen LogP contribution in [0, 0.1) is 13.8 Å². The summed E-state index contributed by atoms with van der Waals surface area (Å²) in [7, 11) is 1.56. The quantitative estimate of drug-likeness (QED) is 0.619. The highest BCUT2D eigenvalue weighted by Crippen LogP contribution is 2.22. The normalized spacial score (nSPS) is 10.5. The van der Waals surface area contributed by atoms with Crippen LogP contribution < -0.4 is 10.1 Å². The van der Waals surface area contributed by atoms with Gasteiger partial charge in [-0.05, 0) is 62.4 Å². The van der Waals surface area contributed by atoms with Crippen LogP contribution in [0.4, 0.5) is 5.69 Å². The summed E-state index contributed by atoms with van der Waals surface area (Å²) in [4.78, 5) is 24.2. The number of methoxy groups -OCH3 is 1. The number of anilines is 1. The highest BCUT2D eigenvalue weighted by atomic mass is 35.5. The van der Waals surface area contributed by atoms with E-state index in [1.165, 1.54) is 0 Å². The van der Waals surface area contributed by atoms with Crippen LogP contribution in [-0.2, 0) is 9.53 Å². The molecule has 29 heavy (non-hydrogen) atoms. The summed E-state index contributed by atoms with van der Waals surface area (Å²) in [6, 6.07) is 13.5. The highest BCUT2D eigenvalue weighted by Gasteiger charge is 2.13. The number of halogens is 1. The van der Waals surface area contributed by atoms with Crippen molar-refractivity contribution in [2.75, 3.05) is 19.0 Å². The summed E-state index contributed by atoms with van der Waals surface area (Å²) >= 11 is 6.17. The second-order valence-electron chi connectivity index (χ2n) is 6.30. The van der Waals surface area contributed by atoms with Crippen LogP contribution in [0.2, 0.25) is 5.02 Å². The standard InChI is InChI=1S/C21H20ClN3O4/c1-13-20(22)14(2)25(24-13)17-8-4-15(5-9-17)21(27)29-12-19(26)23-16-6-10-18(28-3)11-7-16/h4-11H,12H2,1-3H3,(H,23,26). The van der Waals surface area contributed by atoms with Gasteiger partial charge in [0.15, 0.2) is 6.61 Å². The topological polar surface area (TPSA) is 82.5 Å². The zero-order valence-electron chi connectivity index (χ0n) is 16.2. The minimum Gasteiger partial charge on any atom is -0.497 e. The zero-order valence-corrected chi connectivity index (χ0v) is 17.0. The molecule has 2 aromatic carbocycles. The average Bonchev–Trinajstić information content (AvgIpc) is 3.00. The highest BCUT2D eigenvalue weighted by molar-refractivity contribution is 6.31. The van der Waals surface area contributed by atoms with E-state index in [2.05, 4.69) is 10.4 Å². The van der Waals surface area contributed by atoms with Crippen molar-refractivity contribution in [2.45, 2.75) is 13.8 Å². The summed E-state index contributed by atoms with van der Waals surface area (Å²) < 4.78 is 11.8. The summed E-state index contributed by atoms with van der Waals surface area (Å²) in [5.74, 6) is -0.342. The maximum atomic E-state index is 12.2. The molecule has 3 aromatic rings. The molecule has 1 aromatic heterocycles. The molecule has 0 bridgehead atoms. The van der Waals surface area contributed by atoms with Gasteiger partial charge in [-0.1, -0.05) is 11.6 Å². The van der Waals surface area contributed by atoms with Crippen LogP contribution in [0.15, 0.2) is 48.5 Å². The van der Waals surface area contributed by atoms with Crippen LogP contribution in [-0.4, -0.2) is 35.4 Å². The first-order valence-corrected chi connectivity index (χ1v) is 9.20. The molecule has 0 fully saturated rings. The smallest absolute Gasteiger partial charge is 0.338 e. The average molecular weight is 414 g/mol. The Morgan fingerprint density at radius 1 is 1.07 bits per heavy atom. The summed E-state index contributed by atoms with van der Waals surface area (Å²) in [5, 5.41) is 7.63. The first-order valence-electron chi connectivity index (χ1n) is 8.82. The SMILES string of the molecule is COc1ccc(NC(=O)COC(=O)c2ccc(-n3nc(C)c(Cl)c3C)cc2)cc1. The van der Waals surface area contributed by atoms with Crippen molar-refractivity contribution in [1.82, 2.24) is 9.78 Å². The Balaban J connectivity index is 1.57. The number of hydrogen-bond acceptors (Lipinski definition) is 5. The minimum atomic E-state index is -0.590. The number of carbonyl (C=O) groups excluding carboxylic acids is 2. The van der Waals surface area contributed by atoms with Crippen LogP contribution in [0.5, 0.6) is 5.75 Å². The Labute approximate surface area is 173 Å². The monoisotopic (exact) mass is 413 g/mol. The van der Waals surface area contributed by atoms with E-state index >= 15 is 0 Å². The fourth-order valence-corrected chi connectivity index (χ4v) is 2.82. The van der Waals surface area contributed by atoms with Crippen molar-refractivity contribution in [2.24, 2.45) is 0 Å². The molecule has 0 saturated carbocycles. The molecule has 0 radical (unpaired) electrons. The molecular weight excluding hydrogens is 394 g/mol. The third-order valence-corrected chi connectivity index (χ3v) is 4.81. The van der Waals surface area contributed by atoms with Crippen molar-refractivity contribution >= 4 is 29.2 Å². The molecule has 0 saturated heterocycles. The van der Waals surface area contributed by atoms with Gasteiger partial charge < -0.3 is 14.8 Å². The number of nitrogens with zero attached hydrogens (tertiary/aromatic N) is 2. The van der Waals surface area contributed by atoms with Crippen molar-refractivity contribution in [3.63, 3.8) is 0 Å². The van der Waals surface area contributed by atoms with E-state index in [1.807, 2.05) is 13.8 Å². The lowest BCUT2D eigenvalue weighted by molar-refractivity contribution is -0.119. The number of aromatic nitrogens is 2. The number of esters is 1. The lowest BCUT2D eigenvalue weighted by Crippen LogP contribution is -2.20. The van der Waals surface area contributed by atoms with Gasteiger partial charge in [0.25, 0.3) is 5.91 Å². The van der Waals surface area contributed by atoms with Gasteiger partial charge in [-0.2, -0.15) is 5.10 Å². The maximum Gasteiger partial charge on any atom is 0.338 e. The van der Waals surface area contributed by atoms with E-state index in [4.69, 9.17) is 21.1 Å². The third kappa shape index (κ3) is 4.75. The van der Waals surface area contributed by atoms with Crippen molar-refractivity contribution in [3.05, 3.63) is 70.5 Å². The van der Waals surface area contributed by atoms with Gasteiger partial charge >= 0.3 is 5.97 Å². The first kappa shape index (κ1) is 20.4. The molecule has 1 amide bonds. The van der Waals surface area contributed by atoms with E-state index in [0.29, 0.717) is 22.0 Å².